The van der Waals surface area contributed by atoms with Crippen LogP contribution in [0.25, 0.3) is 0 Å². The second-order valence-electron chi connectivity index (χ2n) is 3.53. The first-order valence-corrected chi connectivity index (χ1v) is 5.01. The number of ether oxygens (including phenoxy) is 1. The Morgan fingerprint density at radius 1 is 1.17 bits per heavy atom. The van der Waals surface area contributed by atoms with Crippen molar-refractivity contribution in [3.05, 3.63) is 47.4 Å². The van der Waals surface area contributed by atoms with Crippen molar-refractivity contribution in [2.75, 3.05) is 0 Å². The number of rotatable bonds is 3. The van der Waals surface area contributed by atoms with Crippen molar-refractivity contribution in [3.63, 3.8) is 0 Å². The second kappa shape index (κ2) is 4.87. The third kappa shape index (κ3) is 2.48. The van der Waals surface area contributed by atoms with E-state index in [1.807, 2.05) is 0 Å². The largest absolute Gasteiger partial charge is 0.431 e. The molecule has 0 atom stereocenters. The summed E-state index contributed by atoms with van der Waals surface area (Å²) in [6.07, 6.45) is 3.01. The summed E-state index contributed by atoms with van der Waals surface area (Å²) in [7, 11) is 0. The van der Waals surface area contributed by atoms with E-state index in [0.29, 0.717) is 12.0 Å². The van der Waals surface area contributed by atoms with E-state index in [0.717, 1.165) is 12.1 Å². The van der Waals surface area contributed by atoms with Crippen LogP contribution in [0.15, 0.2) is 24.5 Å². The van der Waals surface area contributed by atoms with E-state index in [1.165, 1.54) is 12.4 Å². The van der Waals surface area contributed by atoms with Crippen LogP contribution in [0.1, 0.15) is 16.1 Å². The Morgan fingerprint density at radius 2 is 1.83 bits per heavy atom. The fraction of sp³-hybridized carbons (Fsp3) is 0.0833. The Bertz CT molecular complexity index is 562. The van der Waals surface area contributed by atoms with Gasteiger partial charge >= 0.3 is 0 Å². The highest BCUT2D eigenvalue weighted by Gasteiger charge is 2.14. The molecule has 0 saturated carbocycles. The summed E-state index contributed by atoms with van der Waals surface area (Å²) in [4.78, 5) is 18.1. The normalized spacial score (nSPS) is 10.2. The van der Waals surface area contributed by atoms with Gasteiger partial charge < -0.3 is 4.74 Å². The highest BCUT2D eigenvalue weighted by atomic mass is 19.1. The van der Waals surface area contributed by atoms with E-state index < -0.39 is 17.4 Å². The van der Waals surface area contributed by atoms with Crippen molar-refractivity contribution in [3.8, 4) is 11.6 Å². The van der Waals surface area contributed by atoms with Gasteiger partial charge in [0.25, 0.3) is 0 Å². The molecule has 0 saturated heterocycles. The Morgan fingerprint density at radius 3 is 2.33 bits per heavy atom. The number of benzene rings is 1. The van der Waals surface area contributed by atoms with Crippen LogP contribution in [-0.2, 0) is 0 Å². The molecular formula is C12H8F2N2O2. The summed E-state index contributed by atoms with van der Waals surface area (Å²) in [5.41, 5.74) is 0.548. The fourth-order valence-electron chi connectivity index (χ4n) is 1.28. The Kier molecular flexibility index (Phi) is 3.27. The molecule has 2 rings (SSSR count). The lowest BCUT2D eigenvalue weighted by Crippen LogP contribution is -1.97. The standard InChI is InChI=1S/C12H8F2N2O2/c1-7-4-16-11(5-15-7)18-12-9(13)2-8(6-17)3-10(12)14/h2-6H,1H3. The fourth-order valence-corrected chi connectivity index (χ4v) is 1.28. The number of hydrogen-bond donors (Lipinski definition) is 0. The van der Waals surface area contributed by atoms with Crippen molar-refractivity contribution < 1.29 is 18.3 Å². The number of aromatic nitrogens is 2. The lowest BCUT2D eigenvalue weighted by molar-refractivity contribution is 0.112. The topological polar surface area (TPSA) is 52.1 Å². The SMILES string of the molecule is Cc1cnc(Oc2c(F)cc(C=O)cc2F)cn1. The maximum atomic E-state index is 13.5. The summed E-state index contributed by atoms with van der Waals surface area (Å²) >= 11 is 0. The number of aryl methyl sites for hydroxylation is 1. The molecule has 0 radical (unpaired) electrons. The van der Waals surface area contributed by atoms with Gasteiger partial charge in [-0.1, -0.05) is 0 Å². The monoisotopic (exact) mass is 250 g/mol. The molecule has 1 aromatic carbocycles. The van der Waals surface area contributed by atoms with Crippen LogP contribution in [0, 0.1) is 18.6 Å². The number of aldehydes is 1. The minimum absolute atomic E-state index is 0.0303. The molecule has 2 aromatic rings. The number of halogens is 2. The first-order valence-electron chi connectivity index (χ1n) is 5.01. The predicted octanol–water partition coefficient (Wildman–Crippen LogP) is 2.67. The number of carbonyl (C=O) groups is 1. The van der Waals surface area contributed by atoms with Crippen molar-refractivity contribution in [2.24, 2.45) is 0 Å². The van der Waals surface area contributed by atoms with Crippen LogP contribution in [0.5, 0.6) is 11.6 Å². The Balaban J connectivity index is 2.34. The van der Waals surface area contributed by atoms with Gasteiger partial charge in [-0.3, -0.25) is 9.78 Å². The molecular weight excluding hydrogens is 242 g/mol. The quantitative estimate of drug-likeness (QED) is 0.786. The lowest BCUT2D eigenvalue weighted by Gasteiger charge is -2.07. The van der Waals surface area contributed by atoms with Gasteiger partial charge in [0.05, 0.1) is 18.1 Å². The second-order valence-corrected chi connectivity index (χ2v) is 3.53. The summed E-state index contributed by atoms with van der Waals surface area (Å²) in [5, 5.41) is 0. The molecule has 1 heterocycles. The van der Waals surface area contributed by atoms with Crippen LogP contribution in [0.2, 0.25) is 0 Å². The Hall–Kier alpha value is -2.37. The molecule has 0 N–H and O–H groups in total. The average Bonchev–Trinajstić information content (AvgIpc) is 2.35. The average molecular weight is 250 g/mol. The minimum atomic E-state index is -0.973. The molecule has 0 amide bonds. The van der Waals surface area contributed by atoms with Crippen molar-refractivity contribution in [1.82, 2.24) is 9.97 Å². The maximum absolute atomic E-state index is 13.5. The molecule has 0 fully saturated rings. The molecule has 0 aliphatic heterocycles. The summed E-state index contributed by atoms with van der Waals surface area (Å²) < 4.78 is 31.9. The summed E-state index contributed by atoms with van der Waals surface area (Å²) in [5.74, 6) is -2.59. The van der Waals surface area contributed by atoms with Gasteiger partial charge in [-0.2, -0.15) is 0 Å². The van der Waals surface area contributed by atoms with E-state index in [1.54, 1.807) is 6.92 Å². The maximum Gasteiger partial charge on any atom is 0.238 e. The number of nitrogens with zero attached hydrogens (tertiary/aromatic N) is 2. The first-order chi connectivity index (χ1) is 8.60. The van der Waals surface area contributed by atoms with Gasteiger partial charge in [-0.05, 0) is 19.1 Å². The van der Waals surface area contributed by atoms with E-state index in [4.69, 9.17) is 4.74 Å². The zero-order chi connectivity index (χ0) is 13.1. The molecule has 6 heteroatoms. The van der Waals surface area contributed by atoms with Gasteiger partial charge in [0, 0.05) is 5.56 Å². The van der Waals surface area contributed by atoms with Crippen molar-refractivity contribution >= 4 is 6.29 Å². The molecule has 18 heavy (non-hydrogen) atoms. The van der Waals surface area contributed by atoms with Gasteiger partial charge in [0.2, 0.25) is 11.6 Å². The third-order valence-corrected chi connectivity index (χ3v) is 2.12. The molecule has 0 aliphatic carbocycles. The van der Waals surface area contributed by atoms with Crippen molar-refractivity contribution in [1.29, 1.82) is 0 Å². The highest BCUT2D eigenvalue weighted by Crippen LogP contribution is 2.26. The van der Waals surface area contributed by atoms with Crippen LogP contribution in [0.3, 0.4) is 0 Å². The van der Waals surface area contributed by atoms with E-state index in [2.05, 4.69) is 9.97 Å². The van der Waals surface area contributed by atoms with Gasteiger partial charge in [-0.25, -0.2) is 13.8 Å². The molecule has 1 aromatic heterocycles. The van der Waals surface area contributed by atoms with Gasteiger partial charge in [-0.15, -0.1) is 0 Å². The predicted molar refractivity (Wildman–Crippen MR) is 58.6 cm³/mol. The number of carbonyl (C=O) groups excluding carboxylic acids is 1. The van der Waals surface area contributed by atoms with Crippen molar-refractivity contribution in [2.45, 2.75) is 6.92 Å². The zero-order valence-corrected chi connectivity index (χ0v) is 9.35. The third-order valence-electron chi connectivity index (χ3n) is 2.12. The molecule has 0 unspecified atom stereocenters. The lowest BCUT2D eigenvalue weighted by atomic mass is 10.2. The minimum Gasteiger partial charge on any atom is -0.431 e. The van der Waals surface area contributed by atoms with E-state index >= 15 is 0 Å². The Labute approximate surface area is 101 Å². The molecule has 92 valence electrons. The smallest absolute Gasteiger partial charge is 0.238 e. The summed E-state index contributed by atoms with van der Waals surface area (Å²) in [6, 6.07) is 1.76. The van der Waals surface area contributed by atoms with Crippen LogP contribution < -0.4 is 4.74 Å². The molecule has 0 aliphatic rings. The zero-order valence-electron chi connectivity index (χ0n) is 9.35. The highest BCUT2D eigenvalue weighted by molar-refractivity contribution is 5.75. The molecule has 0 spiro atoms. The van der Waals surface area contributed by atoms with Crippen LogP contribution in [0.4, 0.5) is 8.78 Å². The van der Waals surface area contributed by atoms with Crippen LogP contribution >= 0.6 is 0 Å². The van der Waals surface area contributed by atoms with E-state index in [-0.39, 0.29) is 11.4 Å². The van der Waals surface area contributed by atoms with Gasteiger partial charge in [0.15, 0.2) is 11.6 Å². The van der Waals surface area contributed by atoms with Gasteiger partial charge in [0.1, 0.15) is 6.29 Å². The molecule has 0 bridgehead atoms. The number of hydrogen-bond acceptors (Lipinski definition) is 4. The molecule has 4 nitrogen and oxygen atoms in total. The van der Waals surface area contributed by atoms with E-state index in [9.17, 15) is 13.6 Å². The van der Waals surface area contributed by atoms with Crippen LogP contribution in [-0.4, -0.2) is 16.3 Å². The first kappa shape index (κ1) is 12.1. The summed E-state index contributed by atoms with van der Waals surface area (Å²) in [6.45, 7) is 1.72.